The highest BCUT2D eigenvalue weighted by Crippen LogP contribution is 2.15. The first kappa shape index (κ1) is 12.1. The van der Waals surface area contributed by atoms with Crippen LogP contribution in [0.25, 0.3) is 0 Å². The van der Waals surface area contributed by atoms with E-state index in [9.17, 15) is 14.9 Å². The van der Waals surface area contributed by atoms with Crippen LogP contribution in [0.15, 0.2) is 24.3 Å². The zero-order chi connectivity index (χ0) is 12.1. The second-order valence-electron chi connectivity index (χ2n) is 3.19. The van der Waals surface area contributed by atoms with Crippen LogP contribution in [0.4, 0.5) is 5.69 Å². The number of methoxy groups -OCH3 is 1. The first-order chi connectivity index (χ1) is 7.54. The van der Waals surface area contributed by atoms with Gasteiger partial charge in [-0.3, -0.25) is 10.1 Å². The van der Waals surface area contributed by atoms with Crippen LogP contribution in [0, 0.1) is 10.1 Å². The summed E-state index contributed by atoms with van der Waals surface area (Å²) in [4.78, 5) is 20.7. The Kier molecular flexibility index (Phi) is 3.96. The van der Waals surface area contributed by atoms with Gasteiger partial charge in [0.2, 0.25) is 0 Å². The van der Waals surface area contributed by atoms with Gasteiger partial charge in [0.25, 0.3) is 5.69 Å². The van der Waals surface area contributed by atoms with Crippen molar-refractivity contribution in [3.63, 3.8) is 0 Å². The van der Waals surface area contributed by atoms with E-state index in [-0.39, 0.29) is 12.1 Å². The molecule has 0 amide bonds. The minimum absolute atomic E-state index is 0.0576. The third kappa shape index (κ3) is 3.03. The van der Waals surface area contributed by atoms with E-state index < -0.39 is 17.0 Å². The van der Waals surface area contributed by atoms with Crippen molar-refractivity contribution in [3.05, 3.63) is 39.9 Å². The van der Waals surface area contributed by atoms with Crippen molar-refractivity contribution >= 4 is 11.7 Å². The monoisotopic (exact) mass is 225 g/mol. The van der Waals surface area contributed by atoms with E-state index in [1.165, 1.54) is 25.3 Å². The summed E-state index contributed by atoms with van der Waals surface area (Å²) in [6.45, 7) is 0. The van der Waals surface area contributed by atoms with E-state index in [1.54, 1.807) is 6.07 Å². The van der Waals surface area contributed by atoms with Crippen molar-refractivity contribution in [1.29, 1.82) is 0 Å². The summed E-state index contributed by atoms with van der Waals surface area (Å²) in [5.74, 6) is -1.09. The lowest BCUT2D eigenvalue weighted by Gasteiger charge is -2.09. The fourth-order valence-electron chi connectivity index (χ4n) is 1.28. The normalized spacial score (nSPS) is 12.1. The van der Waals surface area contributed by atoms with Gasteiger partial charge in [0.15, 0.2) is 6.10 Å². The molecule has 0 saturated carbocycles. The average molecular weight is 225 g/mol. The maximum absolute atomic E-state index is 10.7. The van der Waals surface area contributed by atoms with Gasteiger partial charge in [0.1, 0.15) is 0 Å². The summed E-state index contributed by atoms with van der Waals surface area (Å²) in [6, 6.07) is 5.84. The summed E-state index contributed by atoms with van der Waals surface area (Å²) < 4.78 is 4.75. The third-order valence-electron chi connectivity index (χ3n) is 2.10. The molecule has 0 bridgehead atoms. The number of carbonyl (C=O) groups is 1. The zero-order valence-electron chi connectivity index (χ0n) is 8.62. The summed E-state index contributed by atoms with van der Waals surface area (Å²) in [5.41, 5.74) is 0.501. The standard InChI is InChI=1S/C10H11NO5/c1-16-9(10(12)13)6-7-3-2-4-8(5-7)11(14)15/h2-5,9H,6H2,1H3,(H,12,13)/t9-/m1/s1. The van der Waals surface area contributed by atoms with E-state index in [0.717, 1.165) is 0 Å². The second-order valence-corrected chi connectivity index (χ2v) is 3.19. The Morgan fingerprint density at radius 3 is 2.81 bits per heavy atom. The number of nitro groups is 1. The molecule has 6 heteroatoms. The smallest absolute Gasteiger partial charge is 0.333 e. The van der Waals surface area contributed by atoms with E-state index in [0.29, 0.717) is 5.56 Å². The van der Waals surface area contributed by atoms with Crippen molar-refractivity contribution in [3.8, 4) is 0 Å². The Bertz CT molecular complexity index is 404. The summed E-state index contributed by atoms with van der Waals surface area (Å²) in [7, 11) is 1.29. The minimum Gasteiger partial charge on any atom is -0.479 e. The number of non-ortho nitro benzene ring substituents is 1. The second kappa shape index (κ2) is 5.22. The van der Waals surface area contributed by atoms with Crippen molar-refractivity contribution in [2.75, 3.05) is 7.11 Å². The molecule has 0 spiro atoms. The van der Waals surface area contributed by atoms with Crippen molar-refractivity contribution in [2.24, 2.45) is 0 Å². The van der Waals surface area contributed by atoms with Crippen LogP contribution in [-0.4, -0.2) is 29.2 Å². The lowest BCUT2D eigenvalue weighted by atomic mass is 10.1. The van der Waals surface area contributed by atoms with Crippen LogP contribution < -0.4 is 0 Å². The molecule has 6 nitrogen and oxygen atoms in total. The lowest BCUT2D eigenvalue weighted by Crippen LogP contribution is -2.24. The number of carboxylic acids is 1. The maximum atomic E-state index is 10.7. The molecule has 0 heterocycles. The topological polar surface area (TPSA) is 89.7 Å². The molecule has 0 saturated heterocycles. The van der Waals surface area contributed by atoms with Gasteiger partial charge < -0.3 is 9.84 Å². The highest BCUT2D eigenvalue weighted by Gasteiger charge is 2.17. The number of rotatable bonds is 5. The number of nitrogens with zero attached hydrogens (tertiary/aromatic N) is 1. The predicted octanol–water partition coefficient (Wildman–Crippen LogP) is 1.24. The van der Waals surface area contributed by atoms with Gasteiger partial charge in [-0.15, -0.1) is 0 Å². The van der Waals surface area contributed by atoms with Crippen LogP contribution in [0.2, 0.25) is 0 Å². The predicted molar refractivity (Wildman–Crippen MR) is 55.2 cm³/mol. The zero-order valence-corrected chi connectivity index (χ0v) is 8.62. The Labute approximate surface area is 91.6 Å². The van der Waals surface area contributed by atoms with E-state index in [4.69, 9.17) is 9.84 Å². The molecule has 16 heavy (non-hydrogen) atoms. The molecule has 0 unspecified atom stereocenters. The molecule has 1 rings (SSSR count). The van der Waals surface area contributed by atoms with Gasteiger partial charge in [-0.25, -0.2) is 4.79 Å². The SMILES string of the molecule is CO[C@H](Cc1cccc([N+](=O)[O-])c1)C(=O)O. The van der Waals surface area contributed by atoms with E-state index in [2.05, 4.69) is 0 Å². The van der Waals surface area contributed by atoms with Crippen molar-refractivity contribution in [1.82, 2.24) is 0 Å². The van der Waals surface area contributed by atoms with Crippen LogP contribution in [0.1, 0.15) is 5.56 Å². The van der Waals surface area contributed by atoms with E-state index in [1.807, 2.05) is 0 Å². The molecule has 0 aliphatic carbocycles. The molecular weight excluding hydrogens is 214 g/mol. The first-order valence-corrected chi connectivity index (χ1v) is 4.53. The molecule has 1 aromatic carbocycles. The van der Waals surface area contributed by atoms with Gasteiger partial charge in [-0.05, 0) is 5.56 Å². The van der Waals surface area contributed by atoms with E-state index >= 15 is 0 Å². The van der Waals surface area contributed by atoms with Gasteiger partial charge >= 0.3 is 5.97 Å². The highest BCUT2D eigenvalue weighted by molar-refractivity contribution is 5.72. The summed E-state index contributed by atoms with van der Waals surface area (Å²) in [6.07, 6.45) is -0.880. The van der Waals surface area contributed by atoms with Crippen LogP contribution >= 0.6 is 0 Å². The maximum Gasteiger partial charge on any atom is 0.333 e. The Balaban J connectivity index is 2.84. The summed E-state index contributed by atoms with van der Waals surface area (Å²) in [5, 5.41) is 19.3. The van der Waals surface area contributed by atoms with Gasteiger partial charge in [0.05, 0.1) is 4.92 Å². The number of benzene rings is 1. The molecule has 1 atom stereocenters. The number of aliphatic carboxylic acids is 1. The Morgan fingerprint density at radius 2 is 2.31 bits per heavy atom. The Hall–Kier alpha value is -1.95. The number of hydrogen-bond acceptors (Lipinski definition) is 4. The largest absolute Gasteiger partial charge is 0.479 e. The average Bonchev–Trinajstić information content (AvgIpc) is 2.25. The molecule has 1 N–H and O–H groups in total. The number of carboxylic acid groups (broad SMARTS) is 1. The molecule has 0 aromatic heterocycles. The third-order valence-corrected chi connectivity index (χ3v) is 2.10. The minimum atomic E-state index is -1.09. The molecule has 0 aliphatic rings. The van der Waals surface area contributed by atoms with Gasteiger partial charge in [0, 0.05) is 25.7 Å². The Morgan fingerprint density at radius 1 is 1.62 bits per heavy atom. The lowest BCUT2D eigenvalue weighted by molar-refractivity contribution is -0.384. The fraction of sp³-hybridized carbons (Fsp3) is 0.300. The van der Waals surface area contributed by atoms with Crippen molar-refractivity contribution in [2.45, 2.75) is 12.5 Å². The highest BCUT2D eigenvalue weighted by atomic mass is 16.6. The molecule has 1 aromatic rings. The molecule has 0 fully saturated rings. The molecule has 0 aliphatic heterocycles. The van der Waals surface area contributed by atoms with Crippen LogP contribution in [0.5, 0.6) is 0 Å². The molecule has 86 valence electrons. The number of ether oxygens (including phenoxy) is 1. The number of nitro benzene ring substituents is 1. The van der Waals surface area contributed by atoms with Crippen LogP contribution in [0.3, 0.4) is 0 Å². The summed E-state index contributed by atoms with van der Waals surface area (Å²) >= 11 is 0. The fourth-order valence-corrected chi connectivity index (χ4v) is 1.28. The van der Waals surface area contributed by atoms with Crippen LogP contribution in [-0.2, 0) is 16.0 Å². The van der Waals surface area contributed by atoms with Gasteiger partial charge in [-0.1, -0.05) is 12.1 Å². The quantitative estimate of drug-likeness (QED) is 0.601. The molecule has 0 radical (unpaired) electrons. The van der Waals surface area contributed by atoms with Gasteiger partial charge in [-0.2, -0.15) is 0 Å². The first-order valence-electron chi connectivity index (χ1n) is 4.53. The number of hydrogen-bond donors (Lipinski definition) is 1. The van der Waals surface area contributed by atoms with Crippen molar-refractivity contribution < 1.29 is 19.6 Å². The molecular formula is C10H11NO5.